The normalized spacial score (nSPS) is 14.4. The molecule has 0 aliphatic rings. The van der Waals surface area contributed by atoms with E-state index in [-0.39, 0.29) is 6.42 Å². The van der Waals surface area contributed by atoms with Crippen molar-refractivity contribution in [3.8, 4) is 0 Å². The summed E-state index contributed by atoms with van der Waals surface area (Å²) in [5.41, 5.74) is 6.59. The van der Waals surface area contributed by atoms with Crippen LogP contribution in [0.3, 0.4) is 0 Å². The van der Waals surface area contributed by atoms with Crippen LogP contribution in [0.5, 0.6) is 0 Å². The van der Waals surface area contributed by atoms with Gasteiger partial charge in [0.2, 0.25) is 0 Å². The number of halogens is 2. The summed E-state index contributed by atoms with van der Waals surface area (Å²) >= 11 is 9.30. The Morgan fingerprint density at radius 1 is 1.53 bits per heavy atom. The topological polar surface area (TPSA) is 83.5 Å². The van der Waals surface area contributed by atoms with Crippen LogP contribution in [0.4, 0.5) is 0 Å². The van der Waals surface area contributed by atoms with Crippen LogP contribution < -0.4 is 5.73 Å². The third-order valence-electron chi connectivity index (χ3n) is 2.31. The van der Waals surface area contributed by atoms with Crippen molar-refractivity contribution >= 4 is 33.5 Å². The second-order valence-corrected chi connectivity index (χ2v) is 5.11. The van der Waals surface area contributed by atoms with Crippen LogP contribution in [0.25, 0.3) is 0 Å². The van der Waals surface area contributed by atoms with Crippen LogP contribution in [-0.4, -0.2) is 28.3 Å². The number of aliphatic carboxylic acids is 1. The van der Waals surface area contributed by atoms with Crippen molar-refractivity contribution in [2.45, 2.75) is 25.0 Å². The minimum absolute atomic E-state index is 0.00171. The van der Waals surface area contributed by atoms with E-state index in [0.717, 1.165) is 10.0 Å². The first-order chi connectivity index (χ1) is 7.90. The Morgan fingerprint density at radius 2 is 2.18 bits per heavy atom. The number of nitrogens with two attached hydrogens (primary N) is 1. The maximum atomic E-state index is 10.5. The van der Waals surface area contributed by atoms with E-state index < -0.39 is 18.1 Å². The summed E-state index contributed by atoms with van der Waals surface area (Å²) < 4.78 is 0.866. The molecule has 1 aromatic carbocycles. The van der Waals surface area contributed by atoms with Crippen molar-refractivity contribution in [2.24, 2.45) is 5.73 Å². The predicted molar refractivity (Wildman–Crippen MR) is 69.1 cm³/mol. The lowest BCUT2D eigenvalue weighted by Crippen LogP contribution is -2.32. The number of aliphatic hydroxyl groups is 1. The van der Waals surface area contributed by atoms with Crippen LogP contribution >= 0.6 is 27.5 Å². The highest BCUT2D eigenvalue weighted by atomic mass is 79.9. The molecule has 0 aliphatic carbocycles. The van der Waals surface area contributed by atoms with Crippen molar-refractivity contribution in [1.82, 2.24) is 0 Å². The molecule has 4 nitrogen and oxygen atoms in total. The van der Waals surface area contributed by atoms with Gasteiger partial charge in [-0.25, -0.2) is 4.79 Å². The number of aliphatic hydroxyl groups excluding tert-OH is 1. The molecule has 94 valence electrons. The molecule has 0 saturated carbocycles. The monoisotopic (exact) mass is 321 g/mol. The fourth-order valence-electron chi connectivity index (χ4n) is 1.44. The van der Waals surface area contributed by atoms with Gasteiger partial charge in [0, 0.05) is 15.5 Å². The van der Waals surface area contributed by atoms with Gasteiger partial charge in [0.15, 0.2) is 6.10 Å². The van der Waals surface area contributed by atoms with E-state index in [4.69, 9.17) is 27.5 Å². The molecule has 0 aromatic heterocycles. The van der Waals surface area contributed by atoms with Gasteiger partial charge in [0.05, 0.1) is 0 Å². The van der Waals surface area contributed by atoms with Gasteiger partial charge in [-0.05, 0) is 30.5 Å². The van der Waals surface area contributed by atoms with Crippen LogP contribution in [0.15, 0.2) is 22.7 Å². The van der Waals surface area contributed by atoms with Crippen molar-refractivity contribution in [3.05, 3.63) is 33.3 Å². The number of carbonyl (C=O) groups is 1. The summed E-state index contributed by atoms with van der Waals surface area (Å²) in [6, 6.07) is 4.96. The zero-order valence-electron chi connectivity index (χ0n) is 8.94. The second-order valence-electron chi connectivity index (χ2n) is 3.79. The van der Waals surface area contributed by atoms with Crippen LogP contribution in [-0.2, 0) is 11.2 Å². The molecule has 0 bridgehead atoms. The Kier molecular flexibility index (Phi) is 5.39. The molecular formula is C11H13BrClNO3. The second kappa shape index (κ2) is 6.35. The SMILES string of the molecule is NC(Cc1ccc(Br)cc1Cl)CC(O)C(=O)O. The molecule has 1 aromatic rings. The van der Waals surface area contributed by atoms with Crippen molar-refractivity contribution in [3.63, 3.8) is 0 Å². The molecule has 1 rings (SSSR count). The summed E-state index contributed by atoms with van der Waals surface area (Å²) in [5.74, 6) is -1.26. The van der Waals surface area contributed by atoms with E-state index in [2.05, 4.69) is 15.9 Å². The first kappa shape index (κ1) is 14.4. The molecule has 0 saturated heterocycles. The van der Waals surface area contributed by atoms with Crippen molar-refractivity contribution < 1.29 is 15.0 Å². The van der Waals surface area contributed by atoms with Crippen molar-refractivity contribution in [1.29, 1.82) is 0 Å². The van der Waals surface area contributed by atoms with Gasteiger partial charge in [0.1, 0.15) is 0 Å². The molecule has 6 heteroatoms. The highest BCUT2D eigenvalue weighted by molar-refractivity contribution is 9.10. The molecule has 0 radical (unpaired) electrons. The van der Waals surface area contributed by atoms with Gasteiger partial charge in [-0.15, -0.1) is 0 Å². The standard InChI is InChI=1S/C11H13BrClNO3/c12-7-2-1-6(9(13)4-7)3-8(14)5-10(15)11(16)17/h1-2,4,8,10,15H,3,5,14H2,(H,16,17). The molecule has 17 heavy (non-hydrogen) atoms. The molecule has 2 atom stereocenters. The lowest BCUT2D eigenvalue weighted by atomic mass is 10.0. The Bertz CT molecular complexity index is 414. The number of hydrogen-bond acceptors (Lipinski definition) is 3. The zero-order chi connectivity index (χ0) is 13.0. The molecule has 2 unspecified atom stereocenters. The van der Waals surface area contributed by atoms with Crippen LogP contribution in [0, 0.1) is 0 Å². The van der Waals surface area contributed by atoms with Gasteiger partial charge in [-0.3, -0.25) is 0 Å². The van der Waals surface area contributed by atoms with E-state index in [9.17, 15) is 4.79 Å². The Morgan fingerprint density at radius 3 is 2.71 bits per heavy atom. The van der Waals surface area contributed by atoms with Gasteiger partial charge >= 0.3 is 5.97 Å². The summed E-state index contributed by atoms with van der Waals surface area (Å²) in [7, 11) is 0. The van der Waals surface area contributed by atoms with Crippen LogP contribution in [0.1, 0.15) is 12.0 Å². The lowest BCUT2D eigenvalue weighted by molar-refractivity contribution is -0.147. The third-order valence-corrected chi connectivity index (χ3v) is 3.15. The Hall–Kier alpha value is -0.620. The lowest BCUT2D eigenvalue weighted by Gasteiger charge is -2.14. The van der Waals surface area contributed by atoms with E-state index >= 15 is 0 Å². The van der Waals surface area contributed by atoms with E-state index in [1.165, 1.54) is 0 Å². The number of benzene rings is 1. The molecule has 0 aliphatic heterocycles. The molecule has 0 heterocycles. The maximum absolute atomic E-state index is 10.5. The number of rotatable bonds is 5. The Labute approximate surface area is 113 Å². The van der Waals surface area contributed by atoms with E-state index in [1.54, 1.807) is 6.07 Å². The summed E-state index contributed by atoms with van der Waals surface area (Å²) in [6.07, 6.45) is -1.00. The highest BCUT2D eigenvalue weighted by Gasteiger charge is 2.18. The fraction of sp³-hybridized carbons (Fsp3) is 0.364. The molecular weight excluding hydrogens is 309 g/mol. The first-order valence-corrected chi connectivity index (χ1v) is 6.17. The summed E-state index contributed by atoms with van der Waals surface area (Å²) in [6.45, 7) is 0. The minimum atomic E-state index is -1.43. The average Bonchev–Trinajstić information content (AvgIpc) is 2.22. The van der Waals surface area contributed by atoms with Gasteiger partial charge < -0.3 is 15.9 Å². The predicted octanol–water partition coefficient (Wildman–Crippen LogP) is 1.81. The van der Waals surface area contributed by atoms with Crippen LogP contribution in [0.2, 0.25) is 5.02 Å². The largest absolute Gasteiger partial charge is 0.479 e. The maximum Gasteiger partial charge on any atom is 0.332 e. The van der Waals surface area contributed by atoms with Gasteiger partial charge in [-0.1, -0.05) is 33.6 Å². The quantitative estimate of drug-likeness (QED) is 0.772. The minimum Gasteiger partial charge on any atom is -0.479 e. The van der Waals surface area contributed by atoms with E-state index in [0.29, 0.717) is 11.4 Å². The van der Waals surface area contributed by atoms with Crippen molar-refractivity contribution in [2.75, 3.05) is 0 Å². The number of hydrogen-bond donors (Lipinski definition) is 3. The van der Waals surface area contributed by atoms with Gasteiger partial charge in [-0.2, -0.15) is 0 Å². The first-order valence-electron chi connectivity index (χ1n) is 5.00. The summed E-state index contributed by atoms with van der Waals surface area (Å²) in [4.78, 5) is 10.5. The number of carboxylic acids is 1. The zero-order valence-corrected chi connectivity index (χ0v) is 11.3. The smallest absolute Gasteiger partial charge is 0.332 e. The third kappa shape index (κ3) is 4.63. The fourth-order valence-corrected chi connectivity index (χ4v) is 2.19. The highest BCUT2D eigenvalue weighted by Crippen LogP contribution is 2.22. The molecule has 4 N–H and O–H groups in total. The van der Waals surface area contributed by atoms with E-state index in [1.807, 2.05) is 12.1 Å². The van der Waals surface area contributed by atoms with Gasteiger partial charge in [0.25, 0.3) is 0 Å². The Balaban J connectivity index is 2.62. The molecule has 0 spiro atoms. The molecule has 0 fully saturated rings. The number of carboxylic acid groups (broad SMARTS) is 1. The molecule has 0 amide bonds. The average molecular weight is 323 g/mol. The summed E-state index contributed by atoms with van der Waals surface area (Å²) in [5, 5.41) is 18.3.